The van der Waals surface area contributed by atoms with Crippen LogP contribution in [0.3, 0.4) is 0 Å². The van der Waals surface area contributed by atoms with Gasteiger partial charge in [0, 0.05) is 12.0 Å². The Bertz CT molecular complexity index is 1250. The van der Waals surface area contributed by atoms with Gasteiger partial charge in [0.2, 0.25) is 0 Å². The van der Waals surface area contributed by atoms with Crippen molar-refractivity contribution in [2.45, 2.75) is 62.0 Å². The maximum atomic E-state index is 13.6. The second-order valence-electron chi connectivity index (χ2n) is 8.45. The zero-order chi connectivity index (χ0) is 27.8. The molecule has 1 N–H and O–H groups in total. The van der Waals surface area contributed by atoms with Gasteiger partial charge in [0.1, 0.15) is 12.4 Å². The summed E-state index contributed by atoms with van der Waals surface area (Å²) in [5, 5.41) is 13.6. The number of halogens is 7. The molecule has 37 heavy (non-hydrogen) atoms. The zero-order valence-electron chi connectivity index (χ0n) is 19.6. The molecular weight excluding hydrogens is 533 g/mol. The highest BCUT2D eigenvalue weighted by molar-refractivity contribution is 7.92. The minimum Gasteiger partial charge on any atom is -0.396 e. The van der Waals surface area contributed by atoms with Gasteiger partial charge in [-0.2, -0.15) is 26.3 Å². The van der Waals surface area contributed by atoms with Gasteiger partial charge in [-0.05, 0) is 62.6 Å². The molecule has 2 aromatic rings. The van der Waals surface area contributed by atoms with Gasteiger partial charge in [-0.25, -0.2) is 12.8 Å². The number of nitrogens with zero attached hydrogens (tertiary/aromatic N) is 2. The predicted octanol–water partition coefficient (Wildman–Crippen LogP) is 5.45. The summed E-state index contributed by atoms with van der Waals surface area (Å²) in [7, 11) is -4.45. The Morgan fingerprint density at radius 2 is 1.68 bits per heavy atom. The molecule has 0 amide bonds. The fourth-order valence-electron chi connectivity index (χ4n) is 4.13. The third-order valence-electron chi connectivity index (χ3n) is 5.88. The van der Waals surface area contributed by atoms with Crippen LogP contribution in [-0.4, -0.2) is 44.2 Å². The van der Waals surface area contributed by atoms with E-state index in [1.165, 1.54) is 0 Å². The van der Waals surface area contributed by atoms with Crippen molar-refractivity contribution in [2.24, 2.45) is 5.16 Å². The van der Waals surface area contributed by atoms with Crippen molar-refractivity contribution in [3.05, 3.63) is 59.4 Å². The molecule has 0 bridgehead atoms. The standard InChI is InChI=1S/C23H23F7N2O4S/c1-3-36-31-14(2)12-18-8-4-15-13-16(21(33,22(25,26)27)23(28,29)30)5-11-20(15)32(18)37(34,35)19-9-6-17(24)7-10-19/h5-7,9-11,13,18,33H,3-4,8,12H2,1-2H3/b31-14+. The molecule has 6 nitrogen and oxygen atoms in total. The zero-order valence-corrected chi connectivity index (χ0v) is 20.4. The molecule has 2 aromatic carbocycles. The molecule has 0 spiro atoms. The molecule has 0 radical (unpaired) electrons. The molecular formula is C23H23F7N2O4S. The summed E-state index contributed by atoms with van der Waals surface area (Å²) >= 11 is 0. The summed E-state index contributed by atoms with van der Waals surface area (Å²) in [4.78, 5) is 4.64. The van der Waals surface area contributed by atoms with Gasteiger partial charge in [-0.1, -0.05) is 17.3 Å². The third kappa shape index (κ3) is 5.40. The van der Waals surface area contributed by atoms with E-state index in [0.717, 1.165) is 34.6 Å². The van der Waals surface area contributed by atoms with Crippen molar-refractivity contribution in [3.8, 4) is 0 Å². The number of alkyl halides is 6. The van der Waals surface area contributed by atoms with Crippen molar-refractivity contribution in [1.29, 1.82) is 0 Å². The van der Waals surface area contributed by atoms with E-state index in [0.29, 0.717) is 17.8 Å². The minimum absolute atomic E-state index is 0.00628. The first-order valence-corrected chi connectivity index (χ1v) is 12.4. The van der Waals surface area contributed by atoms with E-state index >= 15 is 0 Å². The first-order chi connectivity index (χ1) is 17.0. The van der Waals surface area contributed by atoms with Crippen LogP contribution in [-0.2, 0) is 26.9 Å². The molecule has 14 heteroatoms. The van der Waals surface area contributed by atoms with E-state index in [2.05, 4.69) is 5.16 Å². The number of benzene rings is 2. The Labute approximate surface area is 208 Å². The fraction of sp³-hybridized carbons (Fsp3) is 0.435. The average Bonchev–Trinajstić information content (AvgIpc) is 2.80. The van der Waals surface area contributed by atoms with Crippen LogP contribution in [0.15, 0.2) is 52.5 Å². The lowest BCUT2D eigenvalue weighted by molar-refractivity contribution is -0.376. The normalized spacial score (nSPS) is 17.5. The summed E-state index contributed by atoms with van der Waals surface area (Å²) in [5.41, 5.74) is -6.56. The van der Waals surface area contributed by atoms with Crippen LogP contribution in [0.5, 0.6) is 0 Å². The first-order valence-electron chi connectivity index (χ1n) is 11.0. The van der Waals surface area contributed by atoms with Crippen molar-refractivity contribution >= 4 is 21.4 Å². The highest BCUT2D eigenvalue weighted by atomic mass is 32.2. The lowest BCUT2D eigenvalue weighted by Gasteiger charge is -2.39. The summed E-state index contributed by atoms with van der Waals surface area (Å²) in [6.07, 6.45) is -12.2. The largest absolute Gasteiger partial charge is 0.430 e. The van der Waals surface area contributed by atoms with Crippen LogP contribution in [0.2, 0.25) is 0 Å². The number of sulfonamides is 1. The highest BCUT2D eigenvalue weighted by Crippen LogP contribution is 2.51. The summed E-state index contributed by atoms with van der Waals surface area (Å²) < 4.78 is 122. The minimum atomic E-state index is -6.09. The number of anilines is 1. The van der Waals surface area contributed by atoms with Crippen LogP contribution in [0.25, 0.3) is 0 Å². The molecule has 0 saturated carbocycles. The quantitative estimate of drug-likeness (QED) is 0.280. The van der Waals surface area contributed by atoms with Gasteiger partial charge < -0.3 is 9.94 Å². The Hall–Kier alpha value is -2.87. The molecule has 0 aliphatic carbocycles. The molecule has 1 aliphatic rings. The average molecular weight is 557 g/mol. The van der Waals surface area contributed by atoms with Gasteiger partial charge in [-0.15, -0.1) is 0 Å². The maximum Gasteiger partial charge on any atom is 0.430 e. The smallest absolute Gasteiger partial charge is 0.396 e. The van der Waals surface area contributed by atoms with E-state index in [1.54, 1.807) is 13.8 Å². The monoisotopic (exact) mass is 556 g/mol. The predicted molar refractivity (Wildman–Crippen MR) is 120 cm³/mol. The van der Waals surface area contributed by atoms with Gasteiger partial charge in [0.25, 0.3) is 15.6 Å². The molecule has 1 aliphatic heterocycles. The van der Waals surface area contributed by atoms with Gasteiger partial charge in [0.15, 0.2) is 0 Å². The summed E-state index contributed by atoms with van der Waals surface area (Å²) in [5.74, 6) is -0.711. The van der Waals surface area contributed by atoms with Crippen LogP contribution in [0.4, 0.5) is 36.4 Å². The Balaban J connectivity index is 2.18. The van der Waals surface area contributed by atoms with E-state index < -0.39 is 45.4 Å². The number of aryl methyl sites for hydroxylation is 1. The molecule has 0 saturated heterocycles. The summed E-state index contributed by atoms with van der Waals surface area (Å²) in [6, 6.07) is 4.69. The Kier molecular flexibility index (Phi) is 7.85. The van der Waals surface area contributed by atoms with Gasteiger partial charge >= 0.3 is 12.4 Å². The number of oxime groups is 1. The molecule has 1 heterocycles. The van der Waals surface area contributed by atoms with Crippen molar-refractivity contribution in [2.75, 3.05) is 10.9 Å². The number of rotatable bonds is 7. The fourth-order valence-corrected chi connectivity index (χ4v) is 5.85. The topological polar surface area (TPSA) is 79.2 Å². The van der Waals surface area contributed by atoms with Crippen LogP contribution in [0, 0.1) is 5.82 Å². The number of hydrogen-bond acceptors (Lipinski definition) is 5. The van der Waals surface area contributed by atoms with Crippen molar-refractivity contribution in [1.82, 2.24) is 0 Å². The van der Waals surface area contributed by atoms with E-state index in [9.17, 15) is 44.3 Å². The molecule has 0 fully saturated rings. The molecule has 1 atom stereocenters. The van der Waals surface area contributed by atoms with Crippen molar-refractivity contribution in [3.63, 3.8) is 0 Å². The molecule has 0 aromatic heterocycles. The van der Waals surface area contributed by atoms with Crippen LogP contribution < -0.4 is 4.31 Å². The van der Waals surface area contributed by atoms with Crippen LogP contribution >= 0.6 is 0 Å². The molecule has 1 unspecified atom stereocenters. The Morgan fingerprint density at radius 1 is 1.08 bits per heavy atom. The maximum absolute atomic E-state index is 13.6. The second-order valence-corrected chi connectivity index (χ2v) is 10.3. The SMILES string of the molecule is CCO/N=C(\C)CC1CCc2cc(C(O)(C(F)(F)F)C(F)(F)F)ccc2N1S(=O)(=O)c1ccc(F)cc1. The van der Waals surface area contributed by atoms with E-state index in [4.69, 9.17) is 4.84 Å². The lowest BCUT2D eigenvalue weighted by Crippen LogP contribution is -2.54. The second kappa shape index (κ2) is 10.1. The molecule has 3 rings (SSSR count). The highest BCUT2D eigenvalue weighted by Gasteiger charge is 2.71. The van der Waals surface area contributed by atoms with E-state index in [-0.39, 0.29) is 42.0 Å². The van der Waals surface area contributed by atoms with Gasteiger partial charge in [0.05, 0.1) is 22.3 Å². The van der Waals surface area contributed by atoms with Crippen LogP contribution in [0.1, 0.15) is 37.8 Å². The number of hydrogen-bond donors (Lipinski definition) is 1. The van der Waals surface area contributed by atoms with Gasteiger partial charge in [-0.3, -0.25) is 4.31 Å². The first kappa shape index (κ1) is 28.7. The Morgan fingerprint density at radius 3 is 2.22 bits per heavy atom. The third-order valence-corrected chi connectivity index (χ3v) is 7.77. The summed E-state index contributed by atoms with van der Waals surface area (Å²) in [6.45, 7) is 3.50. The molecule has 204 valence electrons. The lowest BCUT2D eigenvalue weighted by atomic mass is 9.87. The number of aliphatic hydroxyl groups is 1. The number of fused-ring (bicyclic) bond motifs is 1. The van der Waals surface area contributed by atoms with Crippen molar-refractivity contribution < 1.29 is 49.1 Å². The van der Waals surface area contributed by atoms with E-state index in [1.807, 2.05) is 0 Å².